The average molecular weight is 519 g/mol. The van der Waals surface area contributed by atoms with Gasteiger partial charge in [0.1, 0.15) is 12.4 Å². The maximum absolute atomic E-state index is 12.6. The van der Waals surface area contributed by atoms with Gasteiger partial charge in [-0.25, -0.2) is 10.4 Å². The second-order valence-electron chi connectivity index (χ2n) is 8.62. The van der Waals surface area contributed by atoms with E-state index in [0.29, 0.717) is 17.9 Å². The molecule has 0 saturated carbocycles. The summed E-state index contributed by atoms with van der Waals surface area (Å²) in [5, 5.41) is 10.3. The number of hydrazone groups is 1. The zero-order valence-electron chi connectivity index (χ0n) is 20.8. The number of thiazole rings is 1. The number of nitrogens with zero attached hydrogens (tertiary/aromatic N) is 2. The minimum atomic E-state index is -0.296. The summed E-state index contributed by atoms with van der Waals surface area (Å²) in [5.41, 5.74) is 8.94. The third-order valence-corrected chi connectivity index (χ3v) is 6.53. The zero-order chi connectivity index (χ0) is 26.2. The van der Waals surface area contributed by atoms with Gasteiger partial charge in [0.2, 0.25) is 0 Å². The average Bonchev–Trinajstić information content (AvgIpc) is 3.43. The first-order valence-corrected chi connectivity index (χ1v) is 13.0. The SMILES string of the molecule is Cc1ccc(Nc2nc(-c3ccc(C(=O)N/N=C\c4ccccc4OCc4ccccc4)cc3)cs2)cc1. The number of nitrogens with one attached hydrogen (secondary N) is 2. The molecule has 0 spiro atoms. The molecule has 1 amide bonds. The van der Waals surface area contributed by atoms with E-state index in [1.807, 2.05) is 84.2 Å². The third-order valence-electron chi connectivity index (χ3n) is 5.78. The van der Waals surface area contributed by atoms with E-state index in [-0.39, 0.29) is 5.91 Å². The van der Waals surface area contributed by atoms with Crippen molar-refractivity contribution in [1.82, 2.24) is 10.4 Å². The fraction of sp³-hybridized carbons (Fsp3) is 0.0645. The van der Waals surface area contributed by atoms with Crippen LogP contribution < -0.4 is 15.5 Å². The third kappa shape index (κ3) is 6.52. The molecule has 6 nitrogen and oxygen atoms in total. The summed E-state index contributed by atoms with van der Waals surface area (Å²) in [4.78, 5) is 17.3. The first-order chi connectivity index (χ1) is 18.6. The van der Waals surface area contributed by atoms with Gasteiger partial charge in [-0.1, -0.05) is 72.3 Å². The molecule has 0 fully saturated rings. The van der Waals surface area contributed by atoms with E-state index < -0.39 is 0 Å². The molecule has 0 unspecified atom stereocenters. The Labute approximate surface area is 225 Å². The Balaban J connectivity index is 1.18. The minimum Gasteiger partial charge on any atom is -0.488 e. The van der Waals surface area contributed by atoms with Crippen LogP contribution in [0.1, 0.15) is 27.0 Å². The summed E-state index contributed by atoms with van der Waals surface area (Å²) >= 11 is 1.54. The maximum Gasteiger partial charge on any atom is 0.271 e. The number of aryl methyl sites for hydroxylation is 1. The molecule has 0 aliphatic heterocycles. The molecule has 0 bridgehead atoms. The smallest absolute Gasteiger partial charge is 0.271 e. The van der Waals surface area contributed by atoms with Crippen LogP contribution in [-0.2, 0) is 6.61 Å². The van der Waals surface area contributed by atoms with E-state index >= 15 is 0 Å². The van der Waals surface area contributed by atoms with Crippen molar-refractivity contribution in [3.8, 4) is 17.0 Å². The van der Waals surface area contributed by atoms with Crippen molar-refractivity contribution >= 4 is 34.3 Å². The summed E-state index contributed by atoms with van der Waals surface area (Å²) in [7, 11) is 0. The van der Waals surface area contributed by atoms with Crippen molar-refractivity contribution < 1.29 is 9.53 Å². The lowest BCUT2D eigenvalue weighted by atomic mass is 10.1. The van der Waals surface area contributed by atoms with E-state index in [4.69, 9.17) is 4.74 Å². The van der Waals surface area contributed by atoms with Gasteiger partial charge in [0.15, 0.2) is 5.13 Å². The van der Waals surface area contributed by atoms with Gasteiger partial charge in [0.05, 0.1) is 11.9 Å². The normalized spacial score (nSPS) is 10.9. The van der Waals surface area contributed by atoms with E-state index in [9.17, 15) is 4.79 Å². The van der Waals surface area contributed by atoms with E-state index in [2.05, 4.69) is 39.9 Å². The molecule has 5 rings (SSSR count). The predicted octanol–water partition coefficient (Wildman–Crippen LogP) is 7.21. The van der Waals surface area contributed by atoms with E-state index in [1.54, 1.807) is 18.3 Å². The van der Waals surface area contributed by atoms with E-state index in [1.165, 1.54) is 16.9 Å². The predicted molar refractivity (Wildman–Crippen MR) is 154 cm³/mol. The highest BCUT2D eigenvalue weighted by atomic mass is 32.1. The number of para-hydroxylation sites is 1. The molecule has 0 saturated heterocycles. The standard InChI is InChI=1S/C31H26N4O2S/c1-22-11-17-27(18-12-22)33-31-34-28(21-38-31)24-13-15-25(16-14-24)30(36)35-32-19-26-9-5-6-10-29(26)37-20-23-7-3-2-4-8-23/h2-19,21H,20H2,1H3,(H,33,34)(H,35,36)/b32-19-. The molecular weight excluding hydrogens is 492 g/mol. The maximum atomic E-state index is 12.6. The van der Waals surface area contributed by atoms with Crippen molar-refractivity contribution in [2.75, 3.05) is 5.32 Å². The quantitative estimate of drug-likeness (QED) is 0.160. The number of carbonyl (C=O) groups is 1. The summed E-state index contributed by atoms with van der Waals surface area (Å²) in [6, 6.07) is 33.0. The second-order valence-corrected chi connectivity index (χ2v) is 9.48. The van der Waals surface area contributed by atoms with Crippen LogP contribution in [0, 0.1) is 6.92 Å². The molecule has 4 aromatic carbocycles. The van der Waals surface area contributed by atoms with Crippen LogP contribution in [0.3, 0.4) is 0 Å². The van der Waals surface area contributed by atoms with Gasteiger partial charge in [0.25, 0.3) is 5.91 Å². The van der Waals surface area contributed by atoms with Gasteiger partial charge in [-0.05, 0) is 48.9 Å². The number of benzene rings is 4. The molecule has 1 aromatic heterocycles. The fourth-order valence-corrected chi connectivity index (χ4v) is 4.44. The van der Waals surface area contributed by atoms with Crippen molar-refractivity contribution in [3.63, 3.8) is 0 Å². The lowest BCUT2D eigenvalue weighted by Gasteiger charge is -2.09. The number of carbonyl (C=O) groups excluding carboxylic acids is 1. The molecule has 0 aliphatic carbocycles. The Morgan fingerprint density at radius 3 is 2.45 bits per heavy atom. The van der Waals surface area contributed by atoms with Gasteiger partial charge in [-0.15, -0.1) is 11.3 Å². The van der Waals surface area contributed by atoms with Crippen LogP contribution in [-0.4, -0.2) is 17.1 Å². The molecule has 0 radical (unpaired) electrons. The molecule has 38 heavy (non-hydrogen) atoms. The molecule has 188 valence electrons. The number of anilines is 2. The lowest BCUT2D eigenvalue weighted by molar-refractivity contribution is 0.0955. The fourth-order valence-electron chi connectivity index (χ4n) is 3.70. The van der Waals surface area contributed by atoms with Crippen LogP contribution in [0.5, 0.6) is 5.75 Å². The Kier molecular flexibility index (Phi) is 7.86. The molecule has 0 aliphatic rings. The van der Waals surface area contributed by atoms with Crippen molar-refractivity contribution in [3.05, 3.63) is 131 Å². The first kappa shape index (κ1) is 24.9. The summed E-state index contributed by atoms with van der Waals surface area (Å²) in [6.07, 6.45) is 1.59. The number of amides is 1. The number of hydrogen-bond acceptors (Lipinski definition) is 6. The van der Waals surface area contributed by atoms with E-state index in [0.717, 1.165) is 33.2 Å². The molecule has 1 heterocycles. The van der Waals surface area contributed by atoms with Crippen LogP contribution in [0.2, 0.25) is 0 Å². The number of hydrogen-bond donors (Lipinski definition) is 2. The topological polar surface area (TPSA) is 75.6 Å². The van der Waals surface area contributed by atoms with Crippen LogP contribution >= 0.6 is 11.3 Å². The highest BCUT2D eigenvalue weighted by Gasteiger charge is 2.09. The molecular formula is C31H26N4O2S. The largest absolute Gasteiger partial charge is 0.488 e. The Bertz CT molecular complexity index is 1530. The monoisotopic (exact) mass is 518 g/mol. The highest BCUT2D eigenvalue weighted by Crippen LogP contribution is 2.27. The summed E-state index contributed by atoms with van der Waals surface area (Å²) in [6.45, 7) is 2.51. The van der Waals surface area contributed by atoms with Gasteiger partial charge in [-0.2, -0.15) is 5.10 Å². The van der Waals surface area contributed by atoms with Gasteiger partial charge in [0, 0.05) is 27.8 Å². The number of aromatic nitrogens is 1. The summed E-state index contributed by atoms with van der Waals surface area (Å²) in [5.74, 6) is 0.397. The molecule has 5 aromatic rings. The number of rotatable bonds is 9. The van der Waals surface area contributed by atoms with Crippen molar-refractivity contribution in [2.24, 2.45) is 5.10 Å². The lowest BCUT2D eigenvalue weighted by Crippen LogP contribution is -2.17. The Morgan fingerprint density at radius 1 is 0.921 bits per heavy atom. The van der Waals surface area contributed by atoms with Crippen molar-refractivity contribution in [1.29, 1.82) is 0 Å². The first-order valence-electron chi connectivity index (χ1n) is 12.1. The van der Waals surface area contributed by atoms with Gasteiger partial charge < -0.3 is 10.1 Å². The molecule has 2 N–H and O–H groups in total. The summed E-state index contributed by atoms with van der Waals surface area (Å²) < 4.78 is 5.95. The second kappa shape index (κ2) is 12.0. The molecule has 7 heteroatoms. The highest BCUT2D eigenvalue weighted by molar-refractivity contribution is 7.14. The van der Waals surface area contributed by atoms with Gasteiger partial charge in [-0.3, -0.25) is 4.79 Å². The van der Waals surface area contributed by atoms with Crippen LogP contribution in [0.25, 0.3) is 11.3 Å². The Morgan fingerprint density at radius 2 is 1.66 bits per heavy atom. The zero-order valence-corrected chi connectivity index (χ0v) is 21.6. The molecule has 0 atom stereocenters. The Hall–Kier alpha value is -4.75. The van der Waals surface area contributed by atoms with Crippen LogP contribution in [0.15, 0.2) is 114 Å². The minimum absolute atomic E-state index is 0.296. The van der Waals surface area contributed by atoms with Crippen LogP contribution in [0.4, 0.5) is 10.8 Å². The van der Waals surface area contributed by atoms with Crippen molar-refractivity contribution in [2.45, 2.75) is 13.5 Å². The van der Waals surface area contributed by atoms with Gasteiger partial charge >= 0.3 is 0 Å². The number of ether oxygens (including phenoxy) is 1.